The minimum atomic E-state index is -0.650. The third-order valence-electron chi connectivity index (χ3n) is 7.00. The second-order valence-corrected chi connectivity index (χ2v) is 11.1. The van der Waals surface area contributed by atoms with E-state index in [9.17, 15) is 14.7 Å². The molecule has 0 saturated carbocycles. The van der Waals surface area contributed by atoms with Gasteiger partial charge in [-0.2, -0.15) is 0 Å². The van der Waals surface area contributed by atoms with Crippen LogP contribution in [0.4, 0.5) is 0 Å². The van der Waals surface area contributed by atoms with Gasteiger partial charge in [0.15, 0.2) is 0 Å². The molecule has 0 bridgehead atoms. The lowest BCUT2D eigenvalue weighted by atomic mass is 9.85. The average Bonchev–Trinajstić information content (AvgIpc) is 3.12. The molecule has 1 amide bonds. The van der Waals surface area contributed by atoms with Crippen LogP contribution >= 0.6 is 0 Å². The first-order valence-corrected chi connectivity index (χ1v) is 13.2. The SMILES string of the molecule is CC(C)Oc1ccc(/C(O)=C2/C(=O)C(=O)N(CCN3CCNCC3)C2c2ccc(C(C)(C)C)cc2)cc1. The van der Waals surface area contributed by atoms with E-state index in [0.717, 1.165) is 37.3 Å². The number of ketones is 1. The summed E-state index contributed by atoms with van der Waals surface area (Å²) in [5.41, 5.74) is 2.56. The average molecular weight is 506 g/mol. The number of hydrogen-bond acceptors (Lipinski definition) is 6. The summed E-state index contributed by atoms with van der Waals surface area (Å²) in [6, 6.07) is 14.4. The number of aliphatic hydroxyl groups excluding tert-OH is 1. The van der Waals surface area contributed by atoms with E-state index in [-0.39, 0.29) is 22.9 Å². The molecule has 2 aliphatic rings. The zero-order valence-electron chi connectivity index (χ0n) is 22.6. The molecule has 37 heavy (non-hydrogen) atoms. The van der Waals surface area contributed by atoms with Gasteiger partial charge in [0.25, 0.3) is 11.7 Å². The van der Waals surface area contributed by atoms with Crippen molar-refractivity contribution in [2.75, 3.05) is 39.3 Å². The summed E-state index contributed by atoms with van der Waals surface area (Å²) in [6.07, 6.45) is 0.0246. The van der Waals surface area contributed by atoms with E-state index >= 15 is 0 Å². The van der Waals surface area contributed by atoms with Crippen molar-refractivity contribution >= 4 is 17.4 Å². The highest BCUT2D eigenvalue weighted by atomic mass is 16.5. The Kier molecular flexibility index (Phi) is 8.05. The van der Waals surface area contributed by atoms with Gasteiger partial charge in [0.05, 0.1) is 17.7 Å². The highest BCUT2D eigenvalue weighted by molar-refractivity contribution is 6.46. The van der Waals surface area contributed by atoms with Crippen LogP contribution in [0.15, 0.2) is 54.1 Å². The molecule has 2 aromatic carbocycles. The number of hydrogen-bond donors (Lipinski definition) is 2. The number of amides is 1. The molecule has 2 aromatic rings. The molecule has 2 saturated heterocycles. The molecule has 0 spiro atoms. The second-order valence-electron chi connectivity index (χ2n) is 11.1. The predicted molar refractivity (Wildman–Crippen MR) is 146 cm³/mol. The van der Waals surface area contributed by atoms with E-state index in [4.69, 9.17) is 4.74 Å². The first-order valence-electron chi connectivity index (χ1n) is 13.2. The van der Waals surface area contributed by atoms with Crippen LogP contribution in [0.3, 0.4) is 0 Å². The summed E-state index contributed by atoms with van der Waals surface area (Å²) >= 11 is 0. The van der Waals surface area contributed by atoms with E-state index in [1.807, 2.05) is 38.1 Å². The number of carbonyl (C=O) groups excluding carboxylic acids is 2. The van der Waals surface area contributed by atoms with Gasteiger partial charge >= 0.3 is 0 Å². The molecule has 198 valence electrons. The largest absolute Gasteiger partial charge is 0.507 e. The van der Waals surface area contributed by atoms with Gasteiger partial charge in [0.1, 0.15) is 11.5 Å². The van der Waals surface area contributed by atoms with Gasteiger partial charge in [0, 0.05) is 44.8 Å². The minimum Gasteiger partial charge on any atom is -0.507 e. The van der Waals surface area contributed by atoms with Crippen LogP contribution in [-0.4, -0.2) is 72.0 Å². The van der Waals surface area contributed by atoms with E-state index in [2.05, 4.69) is 31.0 Å². The third kappa shape index (κ3) is 6.05. The molecule has 1 atom stereocenters. The summed E-state index contributed by atoms with van der Waals surface area (Å²) < 4.78 is 5.71. The molecule has 0 aromatic heterocycles. The molecule has 7 nitrogen and oxygen atoms in total. The first kappa shape index (κ1) is 26.9. The van der Waals surface area contributed by atoms with Crippen LogP contribution in [0, 0.1) is 0 Å². The van der Waals surface area contributed by atoms with Crippen molar-refractivity contribution in [1.82, 2.24) is 15.1 Å². The molecule has 0 radical (unpaired) electrons. The Morgan fingerprint density at radius 1 is 1.00 bits per heavy atom. The van der Waals surface area contributed by atoms with E-state index in [0.29, 0.717) is 24.4 Å². The van der Waals surface area contributed by atoms with Crippen molar-refractivity contribution in [3.8, 4) is 5.75 Å². The number of carbonyl (C=O) groups is 2. The van der Waals surface area contributed by atoms with Gasteiger partial charge in [-0.1, -0.05) is 45.0 Å². The molecule has 2 aliphatic heterocycles. The third-order valence-corrected chi connectivity index (χ3v) is 7.00. The molecular weight excluding hydrogens is 466 g/mol. The number of benzene rings is 2. The number of rotatable bonds is 7. The Hall–Kier alpha value is -3.16. The summed E-state index contributed by atoms with van der Waals surface area (Å²) in [4.78, 5) is 30.6. The molecule has 2 fully saturated rings. The van der Waals surface area contributed by atoms with Gasteiger partial charge in [-0.3, -0.25) is 14.5 Å². The fourth-order valence-electron chi connectivity index (χ4n) is 4.93. The fourth-order valence-corrected chi connectivity index (χ4v) is 4.93. The van der Waals surface area contributed by atoms with E-state index in [1.54, 1.807) is 29.2 Å². The summed E-state index contributed by atoms with van der Waals surface area (Å²) in [5, 5.41) is 14.7. The van der Waals surface area contributed by atoms with E-state index in [1.165, 1.54) is 0 Å². The minimum absolute atomic E-state index is 0.0246. The molecule has 0 aliphatic carbocycles. The number of Topliss-reactive ketones (excluding diaryl/α,β-unsaturated/α-hetero) is 1. The number of nitrogens with zero attached hydrogens (tertiary/aromatic N) is 2. The molecule has 2 heterocycles. The maximum absolute atomic E-state index is 13.3. The predicted octanol–water partition coefficient (Wildman–Crippen LogP) is 4.10. The number of piperazine rings is 1. The lowest BCUT2D eigenvalue weighted by molar-refractivity contribution is -0.140. The fraction of sp³-hybridized carbons (Fsp3) is 0.467. The van der Waals surface area contributed by atoms with Crippen LogP contribution in [-0.2, 0) is 15.0 Å². The number of nitrogens with one attached hydrogen (secondary N) is 1. The lowest BCUT2D eigenvalue weighted by Crippen LogP contribution is -2.46. The van der Waals surface area contributed by atoms with Crippen molar-refractivity contribution in [1.29, 1.82) is 0 Å². The van der Waals surface area contributed by atoms with Gasteiger partial charge in [0.2, 0.25) is 0 Å². The van der Waals surface area contributed by atoms with Crippen molar-refractivity contribution in [2.24, 2.45) is 0 Å². The Balaban J connectivity index is 1.72. The highest BCUT2D eigenvalue weighted by Gasteiger charge is 2.46. The summed E-state index contributed by atoms with van der Waals surface area (Å²) in [7, 11) is 0. The van der Waals surface area contributed by atoms with Crippen molar-refractivity contribution in [3.05, 3.63) is 70.8 Å². The highest BCUT2D eigenvalue weighted by Crippen LogP contribution is 2.40. The molecule has 4 rings (SSSR count). The Labute approximate surface area is 220 Å². The standard InChI is InChI=1S/C30H39N3O4/c1-20(2)37-24-12-8-22(9-13-24)27(34)25-26(21-6-10-23(11-7-21)30(3,4)5)33(29(36)28(25)35)19-18-32-16-14-31-15-17-32/h6-13,20,26,31,34H,14-19H2,1-5H3/b27-25-. The van der Waals surface area contributed by atoms with Crippen LogP contribution < -0.4 is 10.1 Å². The van der Waals surface area contributed by atoms with Crippen molar-refractivity contribution in [3.63, 3.8) is 0 Å². The smallest absolute Gasteiger partial charge is 0.295 e. The van der Waals surface area contributed by atoms with Gasteiger partial charge in [-0.25, -0.2) is 0 Å². The summed E-state index contributed by atoms with van der Waals surface area (Å²) in [5.74, 6) is -0.701. The van der Waals surface area contributed by atoms with Crippen LogP contribution in [0.5, 0.6) is 5.75 Å². The van der Waals surface area contributed by atoms with Crippen molar-refractivity contribution in [2.45, 2.75) is 52.2 Å². The molecular formula is C30H39N3O4. The van der Waals surface area contributed by atoms with Crippen molar-refractivity contribution < 1.29 is 19.4 Å². The second kappa shape index (κ2) is 11.1. The Morgan fingerprint density at radius 2 is 1.62 bits per heavy atom. The van der Waals surface area contributed by atoms with Crippen LogP contribution in [0.25, 0.3) is 5.76 Å². The topological polar surface area (TPSA) is 82.1 Å². The monoisotopic (exact) mass is 505 g/mol. The van der Waals surface area contributed by atoms with Crippen LogP contribution in [0.1, 0.15) is 57.4 Å². The molecule has 7 heteroatoms. The number of likely N-dealkylation sites (tertiary alicyclic amines) is 1. The number of aliphatic hydroxyl groups is 1. The van der Waals surface area contributed by atoms with E-state index < -0.39 is 17.7 Å². The maximum Gasteiger partial charge on any atom is 0.295 e. The molecule has 2 N–H and O–H groups in total. The zero-order chi connectivity index (χ0) is 26.7. The van der Waals surface area contributed by atoms with Crippen LogP contribution in [0.2, 0.25) is 0 Å². The Bertz CT molecular complexity index is 1140. The van der Waals surface area contributed by atoms with Gasteiger partial charge < -0.3 is 20.1 Å². The normalized spacial score (nSPS) is 20.6. The maximum atomic E-state index is 13.3. The van der Waals surface area contributed by atoms with Gasteiger partial charge in [-0.05, 0) is 54.7 Å². The zero-order valence-corrected chi connectivity index (χ0v) is 22.6. The number of ether oxygens (including phenoxy) is 1. The Morgan fingerprint density at radius 3 is 2.19 bits per heavy atom. The lowest BCUT2D eigenvalue weighted by Gasteiger charge is -2.31. The van der Waals surface area contributed by atoms with Gasteiger partial charge in [-0.15, -0.1) is 0 Å². The molecule has 1 unspecified atom stereocenters. The quantitative estimate of drug-likeness (QED) is 0.335. The first-order chi connectivity index (χ1) is 17.6. The summed E-state index contributed by atoms with van der Waals surface area (Å²) in [6.45, 7) is 15.0.